The lowest BCUT2D eigenvalue weighted by molar-refractivity contribution is -0.122. The molecule has 1 fully saturated rings. The average molecular weight is 589 g/mol. The van der Waals surface area contributed by atoms with Crippen LogP contribution in [-0.4, -0.2) is 35.0 Å². The number of nitrogens with zero attached hydrogens (tertiary/aromatic N) is 1. The second-order valence-corrected chi connectivity index (χ2v) is 11.6. The Kier molecular flexibility index (Phi) is 6.66. The number of hydrogen-bond donors (Lipinski definition) is 1. The number of ether oxygens (including phenoxy) is 1. The summed E-state index contributed by atoms with van der Waals surface area (Å²) < 4.78 is 6.01. The molecule has 43 heavy (non-hydrogen) atoms. The van der Waals surface area contributed by atoms with Gasteiger partial charge in [-0.15, -0.1) is 0 Å². The maximum absolute atomic E-state index is 14.9. The summed E-state index contributed by atoms with van der Waals surface area (Å²) in [4.78, 5) is 46.3. The Bertz CT molecular complexity index is 1800. The Morgan fingerprint density at radius 1 is 0.907 bits per heavy atom. The van der Waals surface area contributed by atoms with E-state index < -0.39 is 23.4 Å². The highest BCUT2D eigenvalue weighted by atomic mass is 35.5. The lowest BCUT2D eigenvalue weighted by Gasteiger charge is -2.38. The number of ketones is 2. The molecule has 214 valence electrons. The minimum atomic E-state index is -1.40. The fourth-order valence-electron chi connectivity index (χ4n) is 7.13. The van der Waals surface area contributed by atoms with E-state index in [9.17, 15) is 14.4 Å². The number of amides is 1. The average Bonchev–Trinajstić information content (AvgIpc) is 3.52. The zero-order valence-electron chi connectivity index (χ0n) is 23.5. The molecule has 0 saturated carbocycles. The van der Waals surface area contributed by atoms with E-state index in [1.54, 1.807) is 42.5 Å². The molecule has 1 saturated heterocycles. The molecule has 3 heterocycles. The number of halogens is 1. The number of Topliss-reactive ketones (excluding diaryl/α,β-unsaturated/α-hetero) is 2. The molecule has 7 rings (SSSR count). The summed E-state index contributed by atoms with van der Waals surface area (Å²) in [6.45, 7) is 2.45. The van der Waals surface area contributed by atoms with Crippen LogP contribution < -0.4 is 10.1 Å². The van der Waals surface area contributed by atoms with Gasteiger partial charge >= 0.3 is 0 Å². The Morgan fingerprint density at radius 2 is 1.63 bits per heavy atom. The second-order valence-electron chi connectivity index (χ2n) is 11.2. The summed E-state index contributed by atoms with van der Waals surface area (Å²) in [6, 6.07) is 27.5. The van der Waals surface area contributed by atoms with Crippen LogP contribution in [0.4, 0.5) is 5.69 Å². The number of para-hydroxylation sites is 2. The lowest BCUT2D eigenvalue weighted by atomic mass is 9.62. The summed E-state index contributed by atoms with van der Waals surface area (Å²) >= 11 is 6.20. The smallest absolute Gasteiger partial charge is 0.238 e. The molecular weight excluding hydrogens is 560 g/mol. The van der Waals surface area contributed by atoms with Crippen molar-refractivity contribution in [3.63, 3.8) is 0 Å². The maximum Gasteiger partial charge on any atom is 0.238 e. The van der Waals surface area contributed by atoms with Crippen LogP contribution in [0.5, 0.6) is 5.75 Å². The van der Waals surface area contributed by atoms with Crippen LogP contribution in [0.25, 0.3) is 6.08 Å². The molecule has 0 radical (unpaired) electrons. The first kappa shape index (κ1) is 27.2. The van der Waals surface area contributed by atoms with Crippen molar-refractivity contribution < 1.29 is 19.1 Å². The fraction of sp³-hybridized carbons (Fsp3) is 0.194. The van der Waals surface area contributed by atoms with Crippen LogP contribution in [0.3, 0.4) is 0 Å². The van der Waals surface area contributed by atoms with Gasteiger partial charge in [0.05, 0.1) is 24.1 Å². The van der Waals surface area contributed by atoms with E-state index in [-0.39, 0.29) is 17.5 Å². The molecule has 1 N–H and O–H groups in total. The van der Waals surface area contributed by atoms with Crippen molar-refractivity contribution in [3.8, 4) is 5.75 Å². The summed E-state index contributed by atoms with van der Waals surface area (Å²) in [5.74, 6) is -1.48. The Balaban J connectivity index is 1.51. The standard InChI is InChI=1S/C36H29ClN2O4/c1-2-21-43-29-14-8-5-11-26(29)33(41)31-30(32(40)23-15-17-24(37)18-16-23)36(27-12-6-7-13-28(27)38-35(36)42)34-25-10-4-3-9-22(25)19-20-39(31)34/h3-20,30-31,34H,2,21H2,1H3,(H,38,42)/t30-,31+,34+,36-/m0/s1. The maximum atomic E-state index is 14.9. The number of carbonyl (C=O) groups is 3. The molecule has 7 heteroatoms. The first-order valence-electron chi connectivity index (χ1n) is 14.5. The van der Waals surface area contributed by atoms with Gasteiger partial charge in [0, 0.05) is 22.5 Å². The summed E-state index contributed by atoms with van der Waals surface area (Å²) in [6.07, 6.45) is 4.60. The molecule has 3 aliphatic rings. The van der Waals surface area contributed by atoms with Crippen molar-refractivity contribution in [2.24, 2.45) is 5.92 Å². The Hall–Kier alpha value is -4.68. The number of hydrogen-bond acceptors (Lipinski definition) is 5. The van der Waals surface area contributed by atoms with E-state index >= 15 is 0 Å². The van der Waals surface area contributed by atoms with Crippen LogP contribution in [0.15, 0.2) is 103 Å². The van der Waals surface area contributed by atoms with Gasteiger partial charge in [-0.3, -0.25) is 14.4 Å². The van der Waals surface area contributed by atoms with Crippen molar-refractivity contribution in [3.05, 3.63) is 136 Å². The predicted octanol–water partition coefficient (Wildman–Crippen LogP) is 7.11. The zero-order chi connectivity index (χ0) is 29.7. The quantitative estimate of drug-likeness (QED) is 0.233. The Morgan fingerprint density at radius 3 is 2.44 bits per heavy atom. The second kappa shape index (κ2) is 10.5. The molecule has 0 aliphatic carbocycles. The van der Waals surface area contributed by atoms with Gasteiger partial charge in [0.2, 0.25) is 5.91 Å². The van der Waals surface area contributed by atoms with E-state index in [0.717, 1.165) is 17.5 Å². The number of nitrogens with one attached hydrogen (secondary N) is 1. The molecular formula is C36H29ClN2O4. The Labute approximate surface area is 254 Å². The minimum Gasteiger partial charge on any atom is -0.493 e. The SMILES string of the molecule is CCCOc1ccccc1C(=O)[C@H]1[C@@H](C(=O)c2ccc(Cl)cc2)[C@]2(C(=O)Nc3ccccc32)[C@H]2c3ccccc3C=CN12. The summed E-state index contributed by atoms with van der Waals surface area (Å²) in [5, 5.41) is 3.57. The van der Waals surface area contributed by atoms with Crippen LogP contribution in [0.1, 0.15) is 56.8 Å². The first-order valence-corrected chi connectivity index (χ1v) is 14.9. The van der Waals surface area contributed by atoms with E-state index in [1.165, 1.54) is 0 Å². The van der Waals surface area contributed by atoms with Gasteiger partial charge in [-0.1, -0.05) is 73.1 Å². The van der Waals surface area contributed by atoms with Gasteiger partial charge in [-0.2, -0.15) is 0 Å². The predicted molar refractivity (Wildman–Crippen MR) is 166 cm³/mol. The van der Waals surface area contributed by atoms with Crippen molar-refractivity contribution in [2.45, 2.75) is 30.8 Å². The number of benzene rings is 4. The van der Waals surface area contributed by atoms with Crippen molar-refractivity contribution in [2.75, 3.05) is 11.9 Å². The van der Waals surface area contributed by atoms with Crippen LogP contribution in [0.2, 0.25) is 5.02 Å². The monoisotopic (exact) mass is 588 g/mol. The van der Waals surface area contributed by atoms with E-state index in [1.807, 2.05) is 78.7 Å². The third-order valence-corrected chi connectivity index (χ3v) is 9.12. The van der Waals surface area contributed by atoms with Crippen LogP contribution in [-0.2, 0) is 10.2 Å². The molecule has 4 aromatic rings. The normalized spacial score (nSPS) is 23.0. The van der Waals surface area contributed by atoms with Crippen molar-refractivity contribution in [1.29, 1.82) is 0 Å². The molecule has 0 bridgehead atoms. The molecule has 4 aromatic carbocycles. The van der Waals surface area contributed by atoms with Crippen molar-refractivity contribution in [1.82, 2.24) is 4.90 Å². The molecule has 4 atom stereocenters. The third kappa shape index (κ3) is 4.04. The molecule has 1 amide bonds. The molecule has 0 aromatic heterocycles. The molecule has 6 nitrogen and oxygen atoms in total. The van der Waals surface area contributed by atoms with E-state index in [0.29, 0.717) is 39.8 Å². The molecule has 3 aliphatic heterocycles. The van der Waals surface area contributed by atoms with E-state index in [4.69, 9.17) is 16.3 Å². The van der Waals surface area contributed by atoms with E-state index in [2.05, 4.69) is 5.32 Å². The highest BCUT2D eigenvalue weighted by Gasteiger charge is 2.70. The number of rotatable bonds is 7. The minimum absolute atomic E-state index is 0.276. The highest BCUT2D eigenvalue weighted by Crippen LogP contribution is 2.62. The molecule has 1 spiro atoms. The largest absolute Gasteiger partial charge is 0.493 e. The summed E-state index contributed by atoms with van der Waals surface area (Å²) in [7, 11) is 0. The van der Waals surface area contributed by atoms with Gasteiger partial charge < -0.3 is 15.0 Å². The van der Waals surface area contributed by atoms with Crippen LogP contribution in [0, 0.1) is 5.92 Å². The third-order valence-electron chi connectivity index (χ3n) is 8.86. The first-order chi connectivity index (χ1) is 21.0. The number of carbonyl (C=O) groups excluding carboxylic acids is 3. The number of anilines is 1. The van der Waals surface area contributed by atoms with Crippen LogP contribution >= 0.6 is 11.6 Å². The highest BCUT2D eigenvalue weighted by molar-refractivity contribution is 6.30. The van der Waals surface area contributed by atoms with Gasteiger partial charge in [0.15, 0.2) is 11.6 Å². The van der Waals surface area contributed by atoms with Crippen molar-refractivity contribution >= 4 is 40.8 Å². The molecule has 0 unspecified atom stereocenters. The number of fused-ring (bicyclic) bond motifs is 6. The fourth-order valence-corrected chi connectivity index (χ4v) is 7.25. The van der Waals surface area contributed by atoms with Gasteiger partial charge in [-0.05, 0) is 71.7 Å². The zero-order valence-corrected chi connectivity index (χ0v) is 24.3. The van der Waals surface area contributed by atoms with Gasteiger partial charge in [0.25, 0.3) is 0 Å². The lowest BCUT2D eigenvalue weighted by Crippen LogP contribution is -2.49. The summed E-state index contributed by atoms with van der Waals surface area (Å²) in [5.41, 5.74) is 2.55. The van der Waals surface area contributed by atoms with Gasteiger partial charge in [-0.25, -0.2) is 0 Å². The topological polar surface area (TPSA) is 75.7 Å². The van der Waals surface area contributed by atoms with Gasteiger partial charge in [0.1, 0.15) is 17.2 Å².